The van der Waals surface area contributed by atoms with Crippen LogP contribution in [0.2, 0.25) is 0 Å². The van der Waals surface area contributed by atoms with Gasteiger partial charge in [-0.3, -0.25) is 4.98 Å². The van der Waals surface area contributed by atoms with E-state index in [4.69, 9.17) is 5.73 Å². The summed E-state index contributed by atoms with van der Waals surface area (Å²) in [7, 11) is 0. The second-order valence-electron chi connectivity index (χ2n) is 4.32. The standard InChI is InChI=1S/C15H11BrFN3/c16-10-4-1-5-11(17)15(10)20-13-7-6-12-9(14(13)18)3-2-8-19-12/h1-8,20H,18H2. The molecule has 100 valence electrons. The van der Waals surface area contributed by atoms with E-state index >= 15 is 0 Å². The number of benzene rings is 2. The molecule has 1 heterocycles. The van der Waals surface area contributed by atoms with E-state index in [1.165, 1.54) is 6.07 Å². The van der Waals surface area contributed by atoms with E-state index in [1.54, 1.807) is 24.4 Å². The molecule has 5 heteroatoms. The van der Waals surface area contributed by atoms with E-state index in [2.05, 4.69) is 26.2 Å². The van der Waals surface area contributed by atoms with Crippen LogP contribution in [0.1, 0.15) is 0 Å². The van der Waals surface area contributed by atoms with E-state index < -0.39 is 0 Å². The fraction of sp³-hybridized carbons (Fsp3) is 0. The Morgan fingerprint density at radius 3 is 2.75 bits per heavy atom. The lowest BCUT2D eigenvalue weighted by Crippen LogP contribution is -2.00. The topological polar surface area (TPSA) is 50.9 Å². The van der Waals surface area contributed by atoms with Crippen molar-refractivity contribution in [1.82, 2.24) is 4.98 Å². The molecule has 1 aromatic heterocycles. The molecule has 3 aromatic rings. The van der Waals surface area contributed by atoms with Gasteiger partial charge in [-0.25, -0.2) is 4.39 Å². The fourth-order valence-electron chi connectivity index (χ4n) is 2.04. The highest BCUT2D eigenvalue weighted by atomic mass is 79.9. The summed E-state index contributed by atoms with van der Waals surface area (Å²) in [5, 5.41) is 3.86. The molecule has 3 N–H and O–H groups in total. The van der Waals surface area contributed by atoms with Gasteiger partial charge in [0.1, 0.15) is 5.82 Å². The number of hydrogen-bond acceptors (Lipinski definition) is 3. The normalized spacial score (nSPS) is 10.7. The zero-order valence-electron chi connectivity index (χ0n) is 10.4. The van der Waals surface area contributed by atoms with Gasteiger partial charge in [0.05, 0.1) is 22.6 Å². The maximum atomic E-state index is 13.8. The number of rotatable bonds is 2. The third-order valence-corrected chi connectivity index (χ3v) is 3.71. The van der Waals surface area contributed by atoms with Gasteiger partial charge in [-0.05, 0) is 52.3 Å². The van der Waals surface area contributed by atoms with E-state index in [-0.39, 0.29) is 5.82 Å². The first-order chi connectivity index (χ1) is 9.66. The number of para-hydroxylation sites is 1. The molecule has 0 aliphatic carbocycles. The molecular formula is C15H11BrFN3. The molecule has 0 unspecified atom stereocenters. The first-order valence-corrected chi connectivity index (χ1v) is 6.80. The Bertz CT molecular complexity index is 769. The number of fused-ring (bicyclic) bond motifs is 1. The van der Waals surface area contributed by atoms with Crippen LogP contribution in [0, 0.1) is 5.82 Å². The maximum absolute atomic E-state index is 13.8. The smallest absolute Gasteiger partial charge is 0.147 e. The third kappa shape index (κ3) is 2.20. The van der Waals surface area contributed by atoms with Crippen molar-refractivity contribution in [3.63, 3.8) is 0 Å². The van der Waals surface area contributed by atoms with Crippen molar-refractivity contribution in [2.75, 3.05) is 11.1 Å². The van der Waals surface area contributed by atoms with Gasteiger partial charge in [0.2, 0.25) is 0 Å². The number of halogens is 2. The number of anilines is 3. The van der Waals surface area contributed by atoms with Crippen LogP contribution in [0.4, 0.5) is 21.5 Å². The lowest BCUT2D eigenvalue weighted by atomic mass is 10.1. The summed E-state index contributed by atoms with van der Waals surface area (Å²) in [6.45, 7) is 0. The van der Waals surface area contributed by atoms with Crippen molar-refractivity contribution < 1.29 is 4.39 Å². The number of pyridine rings is 1. The van der Waals surface area contributed by atoms with Crippen molar-refractivity contribution in [3.05, 3.63) is 59.0 Å². The zero-order chi connectivity index (χ0) is 14.1. The number of nitrogen functional groups attached to an aromatic ring is 1. The second-order valence-corrected chi connectivity index (χ2v) is 5.17. The molecule has 0 fully saturated rings. The Kier molecular flexibility index (Phi) is 3.28. The minimum Gasteiger partial charge on any atom is -0.396 e. The number of nitrogens with one attached hydrogen (secondary N) is 1. The Morgan fingerprint density at radius 1 is 1.10 bits per heavy atom. The van der Waals surface area contributed by atoms with Crippen LogP contribution < -0.4 is 11.1 Å². The maximum Gasteiger partial charge on any atom is 0.147 e. The Morgan fingerprint density at radius 2 is 1.95 bits per heavy atom. The van der Waals surface area contributed by atoms with Crippen molar-refractivity contribution in [2.45, 2.75) is 0 Å². The lowest BCUT2D eigenvalue weighted by Gasteiger charge is -2.13. The van der Waals surface area contributed by atoms with Crippen LogP contribution in [0.3, 0.4) is 0 Å². The predicted octanol–water partition coefficient (Wildman–Crippen LogP) is 4.46. The summed E-state index contributed by atoms with van der Waals surface area (Å²) in [5.74, 6) is -0.343. The summed E-state index contributed by atoms with van der Waals surface area (Å²) < 4.78 is 14.5. The molecule has 0 aliphatic heterocycles. The average molecular weight is 332 g/mol. The minimum atomic E-state index is -0.343. The number of aromatic nitrogens is 1. The summed E-state index contributed by atoms with van der Waals surface area (Å²) in [5.41, 5.74) is 8.49. The molecule has 0 atom stereocenters. The van der Waals surface area contributed by atoms with E-state index in [1.807, 2.05) is 18.2 Å². The Hall–Kier alpha value is -2.14. The van der Waals surface area contributed by atoms with Crippen LogP contribution in [0.25, 0.3) is 10.9 Å². The van der Waals surface area contributed by atoms with E-state index in [0.717, 1.165) is 10.9 Å². The molecule has 0 saturated carbocycles. The van der Waals surface area contributed by atoms with E-state index in [0.29, 0.717) is 21.5 Å². The van der Waals surface area contributed by atoms with Crippen molar-refractivity contribution in [3.8, 4) is 0 Å². The summed E-state index contributed by atoms with van der Waals surface area (Å²) in [6, 6.07) is 12.2. The van der Waals surface area contributed by atoms with Crippen LogP contribution in [0.5, 0.6) is 0 Å². The molecular weight excluding hydrogens is 321 g/mol. The average Bonchev–Trinajstić information content (AvgIpc) is 2.45. The van der Waals surface area contributed by atoms with Crippen LogP contribution >= 0.6 is 15.9 Å². The third-order valence-electron chi connectivity index (χ3n) is 3.05. The molecule has 2 aromatic carbocycles. The van der Waals surface area contributed by atoms with Gasteiger partial charge >= 0.3 is 0 Å². The quantitative estimate of drug-likeness (QED) is 0.681. The van der Waals surface area contributed by atoms with Gasteiger partial charge < -0.3 is 11.1 Å². The Balaban J connectivity index is 2.10. The zero-order valence-corrected chi connectivity index (χ0v) is 12.0. The molecule has 0 bridgehead atoms. The van der Waals surface area contributed by atoms with Gasteiger partial charge in [-0.1, -0.05) is 6.07 Å². The van der Waals surface area contributed by atoms with Gasteiger partial charge in [0.15, 0.2) is 0 Å². The molecule has 3 nitrogen and oxygen atoms in total. The van der Waals surface area contributed by atoms with Crippen LogP contribution in [0.15, 0.2) is 53.1 Å². The molecule has 20 heavy (non-hydrogen) atoms. The summed E-state index contributed by atoms with van der Waals surface area (Å²) >= 11 is 3.32. The molecule has 0 aliphatic rings. The molecule has 0 amide bonds. The number of nitrogens with zero attached hydrogens (tertiary/aromatic N) is 1. The van der Waals surface area contributed by atoms with Gasteiger partial charge in [-0.2, -0.15) is 0 Å². The highest BCUT2D eigenvalue weighted by Crippen LogP contribution is 2.33. The lowest BCUT2D eigenvalue weighted by molar-refractivity contribution is 0.631. The highest BCUT2D eigenvalue weighted by Gasteiger charge is 2.10. The highest BCUT2D eigenvalue weighted by molar-refractivity contribution is 9.10. The predicted molar refractivity (Wildman–Crippen MR) is 83.5 cm³/mol. The summed E-state index contributed by atoms with van der Waals surface area (Å²) in [6.07, 6.45) is 1.71. The van der Waals surface area contributed by atoms with Crippen molar-refractivity contribution >= 4 is 43.9 Å². The molecule has 0 radical (unpaired) electrons. The fourth-order valence-corrected chi connectivity index (χ4v) is 2.48. The number of nitrogens with two attached hydrogens (primary N) is 1. The summed E-state index contributed by atoms with van der Waals surface area (Å²) in [4.78, 5) is 4.23. The first-order valence-electron chi connectivity index (χ1n) is 6.01. The molecule has 3 rings (SSSR count). The molecule has 0 saturated heterocycles. The van der Waals surface area contributed by atoms with Gasteiger partial charge in [0.25, 0.3) is 0 Å². The van der Waals surface area contributed by atoms with Gasteiger partial charge in [0, 0.05) is 16.1 Å². The van der Waals surface area contributed by atoms with Crippen molar-refractivity contribution in [1.29, 1.82) is 0 Å². The first kappa shape index (κ1) is 12.9. The second kappa shape index (κ2) is 5.09. The largest absolute Gasteiger partial charge is 0.396 e. The Labute approximate surface area is 123 Å². The SMILES string of the molecule is Nc1c(Nc2c(F)cccc2Br)ccc2ncccc12. The molecule has 0 spiro atoms. The number of hydrogen-bond donors (Lipinski definition) is 2. The van der Waals surface area contributed by atoms with Gasteiger partial charge in [-0.15, -0.1) is 0 Å². The van der Waals surface area contributed by atoms with Crippen molar-refractivity contribution in [2.24, 2.45) is 0 Å². The monoisotopic (exact) mass is 331 g/mol. The van der Waals surface area contributed by atoms with E-state index in [9.17, 15) is 4.39 Å². The van der Waals surface area contributed by atoms with Crippen LogP contribution in [-0.2, 0) is 0 Å². The minimum absolute atomic E-state index is 0.343. The van der Waals surface area contributed by atoms with Crippen LogP contribution in [-0.4, -0.2) is 4.98 Å².